The summed E-state index contributed by atoms with van der Waals surface area (Å²) in [5.41, 5.74) is 0. The molecule has 0 spiro atoms. The van der Waals surface area contributed by atoms with Gasteiger partial charge >= 0.3 is 0 Å². The van der Waals surface area contributed by atoms with Crippen molar-refractivity contribution in [3.05, 3.63) is 12.2 Å². The first-order valence-electron chi connectivity index (χ1n) is 9.63. The molecule has 0 bridgehead atoms. The maximum atomic E-state index is 12.5. The van der Waals surface area contributed by atoms with Gasteiger partial charge in [-0.2, -0.15) is 0 Å². The largest absolute Gasteiger partial charge is 0.345 e. The minimum absolute atomic E-state index is 0.0622. The molecule has 0 aromatic rings. The molecule has 0 rings (SSSR count). The van der Waals surface area contributed by atoms with Gasteiger partial charge in [-0.1, -0.05) is 0 Å². The van der Waals surface area contributed by atoms with E-state index in [9.17, 15) is 28.8 Å². The summed E-state index contributed by atoms with van der Waals surface area (Å²) in [7, 11) is 3.34. The Labute approximate surface area is 176 Å². The molecular formula is C20H32N4O6. The Morgan fingerprint density at radius 2 is 1.33 bits per heavy atom. The first-order chi connectivity index (χ1) is 13.9. The minimum Gasteiger partial charge on any atom is -0.345 e. The first kappa shape index (κ1) is 27.1. The number of nitrogens with zero attached hydrogens (tertiary/aromatic N) is 1. The third-order valence-corrected chi connectivity index (χ3v) is 4.17. The highest BCUT2D eigenvalue weighted by atomic mass is 16.2. The van der Waals surface area contributed by atoms with Crippen molar-refractivity contribution in [2.75, 3.05) is 14.1 Å². The molecule has 0 saturated carbocycles. The highest BCUT2D eigenvalue weighted by molar-refractivity contribution is 5.98. The van der Waals surface area contributed by atoms with Crippen LogP contribution in [0.15, 0.2) is 12.2 Å². The van der Waals surface area contributed by atoms with E-state index in [1.807, 2.05) is 0 Å². The number of ketones is 2. The molecule has 0 aliphatic heterocycles. The van der Waals surface area contributed by atoms with E-state index in [1.54, 1.807) is 19.0 Å². The Hall–Kier alpha value is -2.88. The highest BCUT2D eigenvalue weighted by Gasteiger charge is 2.26. The van der Waals surface area contributed by atoms with Crippen LogP contribution in [0.5, 0.6) is 0 Å². The summed E-state index contributed by atoms with van der Waals surface area (Å²) in [5, 5.41) is 7.45. The van der Waals surface area contributed by atoms with Crippen LogP contribution in [0.1, 0.15) is 40.5 Å². The average Bonchev–Trinajstić information content (AvgIpc) is 2.65. The number of hydrogen-bond acceptors (Lipinski definition) is 7. The quantitative estimate of drug-likeness (QED) is 0.258. The molecule has 0 aromatic carbocycles. The van der Waals surface area contributed by atoms with E-state index in [0.29, 0.717) is 6.29 Å². The predicted molar refractivity (Wildman–Crippen MR) is 110 cm³/mol. The van der Waals surface area contributed by atoms with E-state index in [2.05, 4.69) is 16.0 Å². The van der Waals surface area contributed by atoms with Crippen molar-refractivity contribution in [2.45, 2.75) is 64.7 Å². The molecule has 10 heteroatoms. The molecule has 10 nitrogen and oxygen atoms in total. The second kappa shape index (κ2) is 13.4. The maximum Gasteiger partial charge on any atom is 0.242 e. The Kier molecular flexibility index (Phi) is 12.1. The number of amides is 3. The summed E-state index contributed by atoms with van der Waals surface area (Å²) < 4.78 is 0. The lowest BCUT2D eigenvalue weighted by Gasteiger charge is -2.25. The number of hydrogen-bond donors (Lipinski definition) is 3. The zero-order valence-corrected chi connectivity index (χ0v) is 18.4. The van der Waals surface area contributed by atoms with Crippen molar-refractivity contribution in [1.82, 2.24) is 20.9 Å². The molecule has 4 unspecified atom stereocenters. The molecule has 3 amide bonds. The highest BCUT2D eigenvalue weighted by Crippen LogP contribution is 2.06. The summed E-state index contributed by atoms with van der Waals surface area (Å²) >= 11 is 0. The van der Waals surface area contributed by atoms with E-state index in [0.717, 1.165) is 0 Å². The Morgan fingerprint density at radius 1 is 0.833 bits per heavy atom. The number of likely N-dealkylation sites (N-methyl/N-ethyl adjacent to an activating group) is 1. The van der Waals surface area contributed by atoms with Gasteiger partial charge in [-0.15, -0.1) is 0 Å². The molecule has 0 fully saturated rings. The zero-order valence-electron chi connectivity index (χ0n) is 18.4. The smallest absolute Gasteiger partial charge is 0.242 e. The van der Waals surface area contributed by atoms with Gasteiger partial charge in [-0.25, -0.2) is 0 Å². The van der Waals surface area contributed by atoms with E-state index < -0.39 is 41.9 Å². The van der Waals surface area contributed by atoms with Gasteiger partial charge in [0, 0.05) is 6.42 Å². The van der Waals surface area contributed by atoms with Gasteiger partial charge in [0.15, 0.2) is 11.6 Å². The van der Waals surface area contributed by atoms with Crippen LogP contribution >= 0.6 is 0 Å². The lowest BCUT2D eigenvalue weighted by atomic mass is 10.1. The lowest BCUT2D eigenvalue weighted by molar-refractivity contribution is -0.133. The van der Waals surface area contributed by atoms with E-state index in [1.165, 1.54) is 39.8 Å². The molecule has 4 atom stereocenters. The fourth-order valence-electron chi connectivity index (χ4n) is 2.36. The van der Waals surface area contributed by atoms with Gasteiger partial charge in [0.25, 0.3) is 0 Å². The van der Waals surface area contributed by atoms with Crippen LogP contribution in [-0.2, 0) is 28.8 Å². The van der Waals surface area contributed by atoms with Gasteiger partial charge < -0.3 is 20.7 Å². The van der Waals surface area contributed by atoms with E-state index in [4.69, 9.17) is 0 Å². The summed E-state index contributed by atoms with van der Waals surface area (Å²) in [6, 6.07) is -3.16. The lowest BCUT2D eigenvalue weighted by Crippen LogP contribution is -2.55. The molecule has 168 valence electrons. The van der Waals surface area contributed by atoms with Gasteiger partial charge in [-0.3, -0.25) is 28.9 Å². The molecule has 3 N–H and O–H groups in total. The normalized spacial score (nSPS) is 15.0. The summed E-state index contributed by atoms with van der Waals surface area (Å²) in [5.74, 6) is -2.06. The van der Waals surface area contributed by atoms with Gasteiger partial charge in [0.1, 0.15) is 18.4 Å². The van der Waals surface area contributed by atoms with Crippen LogP contribution < -0.4 is 16.0 Å². The van der Waals surface area contributed by atoms with E-state index >= 15 is 0 Å². The summed E-state index contributed by atoms with van der Waals surface area (Å²) in [4.78, 5) is 71.6. The van der Waals surface area contributed by atoms with Crippen molar-refractivity contribution < 1.29 is 28.8 Å². The van der Waals surface area contributed by atoms with Crippen molar-refractivity contribution in [3.8, 4) is 0 Å². The minimum atomic E-state index is -0.924. The molecular weight excluding hydrogens is 392 g/mol. The van der Waals surface area contributed by atoms with Crippen LogP contribution in [0.3, 0.4) is 0 Å². The van der Waals surface area contributed by atoms with Crippen molar-refractivity contribution in [2.24, 2.45) is 0 Å². The first-order valence-corrected chi connectivity index (χ1v) is 9.63. The number of carbonyl (C=O) groups excluding carboxylic acids is 6. The Morgan fingerprint density at radius 3 is 1.80 bits per heavy atom. The molecule has 0 heterocycles. The molecule has 0 saturated heterocycles. The number of nitrogens with one attached hydrogen (secondary N) is 3. The molecule has 30 heavy (non-hydrogen) atoms. The van der Waals surface area contributed by atoms with Crippen LogP contribution in [-0.4, -0.2) is 78.7 Å². The van der Waals surface area contributed by atoms with Gasteiger partial charge in [0.05, 0.1) is 12.1 Å². The fraction of sp³-hybridized carbons (Fsp3) is 0.600. The van der Waals surface area contributed by atoms with E-state index in [-0.39, 0.29) is 24.4 Å². The van der Waals surface area contributed by atoms with Crippen LogP contribution in [0.25, 0.3) is 0 Å². The third-order valence-electron chi connectivity index (χ3n) is 4.17. The van der Waals surface area contributed by atoms with Crippen LogP contribution in [0.2, 0.25) is 0 Å². The van der Waals surface area contributed by atoms with Crippen LogP contribution in [0.4, 0.5) is 0 Å². The standard InChI is InChI=1S/C20H32N4O6/c1-12(11-25)21-18(28)14(3)22-19(29)15(4)23-20(30)17(24(5)6)10-9-16(27)8-7-13(2)26/h7-8,11-12,14-15,17H,9-10H2,1-6H3,(H,21,28)(H,22,29)(H,23,30)/b8-7+. The van der Waals surface area contributed by atoms with Gasteiger partial charge in [0.2, 0.25) is 17.7 Å². The van der Waals surface area contributed by atoms with Gasteiger partial charge in [-0.05, 0) is 60.4 Å². The second-order valence-electron chi connectivity index (χ2n) is 7.32. The van der Waals surface area contributed by atoms with Crippen LogP contribution in [0, 0.1) is 0 Å². The van der Waals surface area contributed by atoms with Crippen molar-refractivity contribution in [3.63, 3.8) is 0 Å². The van der Waals surface area contributed by atoms with Crippen molar-refractivity contribution >= 4 is 35.6 Å². The summed E-state index contributed by atoms with van der Waals surface area (Å²) in [6.45, 7) is 5.77. The maximum absolute atomic E-state index is 12.5. The monoisotopic (exact) mass is 424 g/mol. The number of rotatable bonds is 13. The second-order valence-corrected chi connectivity index (χ2v) is 7.32. The molecule has 0 aromatic heterocycles. The number of carbonyl (C=O) groups is 6. The average molecular weight is 424 g/mol. The molecule has 0 aliphatic carbocycles. The topological polar surface area (TPSA) is 142 Å². The summed E-state index contributed by atoms with van der Waals surface area (Å²) in [6.07, 6.45) is 3.19. The zero-order chi connectivity index (χ0) is 23.4. The molecule has 0 radical (unpaired) electrons. The number of allylic oxidation sites excluding steroid dienone is 2. The van der Waals surface area contributed by atoms with Crippen molar-refractivity contribution in [1.29, 1.82) is 0 Å². The third kappa shape index (κ3) is 10.6. The SMILES string of the molecule is CC(=O)/C=C/C(=O)CCC(C(=O)NC(C)C(=O)NC(C)C(=O)NC(C)C=O)N(C)C. The Bertz CT molecular complexity index is 689. The fourth-order valence-corrected chi connectivity index (χ4v) is 2.36. The Balaban J connectivity index is 4.78. The predicted octanol–water partition coefficient (Wildman–Crippen LogP) is -0.876. The molecule has 0 aliphatic rings. The number of aldehydes is 1.